The monoisotopic (exact) mass is 220 g/mol. The predicted octanol–water partition coefficient (Wildman–Crippen LogP) is 2.03. The predicted molar refractivity (Wildman–Crippen MR) is 58.8 cm³/mol. The Labute approximate surface area is 88.4 Å². The minimum Gasteiger partial charge on any atom is -0.480 e. The molecule has 3 nitrogen and oxygen atoms in total. The van der Waals surface area contributed by atoms with Gasteiger partial charge in [-0.3, -0.25) is 9.00 Å². The molecule has 1 unspecified atom stereocenters. The summed E-state index contributed by atoms with van der Waals surface area (Å²) in [6.07, 6.45) is 0.774. The van der Waals surface area contributed by atoms with E-state index in [9.17, 15) is 9.00 Å². The molecular weight excluding hydrogens is 200 g/mol. The molecule has 0 aromatic carbocycles. The Morgan fingerprint density at radius 3 is 1.93 bits per heavy atom. The van der Waals surface area contributed by atoms with Gasteiger partial charge in [0, 0.05) is 16.6 Å². The van der Waals surface area contributed by atoms with E-state index in [0.29, 0.717) is 5.75 Å². The lowest BCUT2D eigenvalue weighted by Gasteiger charge is -2.22. The van der Waals surface area contributed by atoms with Gasteiger partial charge in [0.05, 0.1) is 0 Å². The van der Waals surface area contributed by atoms with Crippen LogP contribution in [0.2, 0.25) is 0 Å². The van der Waals surface area contributed by atoms with Gasteiger partial charge in [0.2, 0.25) is 0 Å². The van der Waals surface area contributed by atoms with Crippen molar-refractivity contribution in [3.63, 3.8) is 0 Å². The summed E-state index contributed by atoms with van der Waals surface area (Å²) in [6.45, 7) is 9.18. The summed E-state index contributed by atoms with van der Waals surface area (Å²) in [5.74, 6) is -0.548. The van der Waals surface area contributed by atoms with Crippen LogP contribution in [0.3, 0.4) is 0 Å². The first-order valence-electron chi connectivity index (χ1n) is 4.69. The third kappa shape index (κ3) is 4.22. The number of carbonyl (C=O) groups is 1. The Morgan fingerprint density at radius 1 is 1.21 bits per heavy atom. The van der Waals surface area contributed by atoms with Gasteiger partial charge in [0.1, 0.15) is 4.75 Å². The zero-order chi connectivity index (χ0) is 11.6. The molecule has 0 aromatic heterocycles. The molecule has 0 rings (SSSR count). The summed E-state index contributed by atoms with van der Waals surface area (Å²) in [5, 5.41) is 8.85. The molecule has 0 heterocycles. The molecular formula is C10H20O3S. The molecule has 0 aromatic rings. The van der Waals surface area contributed by atoms with Crippen LogP contribution in [0.5, 0.6) is 0 Å². The zero-order valence-electron chi connectivity index (χ0n) is 9.59. The fourth-order valence-corrected chi connectivity index (χ4v) is 2.25. The van der Waals surface area contributed by atoms with Crippen LogP contribution >= 0.6 is 0 Å². The lowest BCUT2D eigenvalue weighted by atomic mass is 9.94. The smallest absolute Gasteiger partial charge is 0.321 e. The lowest BCUT2D eigenvalue weighted by molar-refractivity contribution is -0.139. The van der Waals surface area contributed by atoms with Gasteiger partial charge in [-0.1, -0.05) is 20.8 Å². The molecule has 1 atom stereocenters. The van der Waals surface area contributed by atoms with Crippen LogP contribution in [0.4, 0.5) is 0 Å². The van der Waals surface area contributed by atoms with Crippen LogP contribution in [0, 0.1) is 5.41 Å². The first-order chi connectivity index (χ1) is 6.07. The Bertz CT molecular complexity index is 238. The van der Waals surface area contributed by atoms with E-state index in [-0.39, 0.29) is 5.41 Å². The molecule has 0 radical (unpaired) electrons. The summed E-state index contributed by atoms with van der Waals surface area (Å²) in [4.78, 5) is 10.8. The highest BCUT2D eigenvalue weighted by Crippen LogP contribution is 2.22. The van der Waals surface area contributed by atoms with E-state index in [1.807, 2.05) is 0 Å². The summed E-state index contributed by atoms with van der Waals surface area (Å²) in [5.41, 5.74) is 0.101. The molecule has 0 aliphatic heterocycles. The SMILES string of the molecule is CC(C)(C)CCS(=O)C(C)(C)C(=O)O. The number of hydrogen-bond acceptors (Lipinski definition) is 2. The third-order valence-corrected chi connectivity index (χ3v) is 4.01. The quantitative estimate of drug-likeness (QED) is 0.788. The Balaban J connectivity index is 4.30. The van der Waals surface area contributed by atoms with Crippen molar-refractivity contribution in [1.82, 2.24) is 0 Å². The van der Waals surface area contributed by atoms with Crippen LogP contribution in [-0.2, 0) is 15.6 Å². The minimum absolute atomic E-state index is 0.101. The molecule has 0 spiro atoms. The van der Waals surface area contributed by atoms with Gasteiger partial charge >= 0.3 is 5.97 Å². The second kappa shape index (κ2) is 4.43. The number of aliphatic carboxylic acids is 1. The third-order valence-electron chi connectivity index (χ3n) is 2.12. The molecule has 14 heavy (non-hydrogen) atoms. The molecule has 0 aliphatic rings. The van der Waals surface area contributed by atoms with Gasteiger partial charge in [0.25, 0.3) is 0 Å². The minimum atomic E-state index is -1.31. The van der Waals surface area contributed by atoms with Gasteiger partial charge in [-0.05, 0) is 25.7 Å². The molecule has 1 N–H and O–H groups in total. The molecule has 0 aliphatic carbocycles. The standard InChI is InChI=1S/C10H20O3S/c1-9(2,3)6-7-14(13)10(4,5)8(11)12/h6-7H2,1-5H3,(H,11,12). The zero-order valence-corrected chi connectivity index (χ0v) is 10.4. The van der Waals surface area contributed by atoms with E-state index in [0.717, 1.165) is 6.42 Å². The Hall–Kier alpha value is -0.380. The average Bonchev–Trinajstić information content (AvgIpc) is 1.98. The van der Waals surface area contributed by atoms with Crippen LogP contribution in [0.25, 0.3) is 0 Å². The highest BCUT2D eigenvalue weighted by Gasteiger charge is 2.34. The summed E-state index contributed by atoms with van der Waals surface area (Å²) < 4.78 is 10.5. The van der Waals surface area contributed by atoms with Gasteiger partial charge in [-0.25, -0.2) is 0 Å². The maximum Gasteiger partial charge on any atom is 0.321 e. The Morgan fingerprint density at radius 2 is 1.64 bits per heavy atom. The number of carboxylic acids is 1. The fourth-order valence-electron chi connectivity index (χ4n) is 0.751. The lowest BCUT2D eigenvalue weighted by Crippen LogP contribution is -2.38. The molecule has 4 heteroatoms. The topological polar surface area (TPSA) is 54.4 Å². The largest absolute Gasteiger partial charge is 0.480 e. The van der Waals surface area contributed by atoms with E-state index in [4.69, 9.17) is 5.11 Å². The van der Waals surface area contributed by atoms with E-state index in [1.165, 1.54) is 13.8 Å². The van der Waals surface area contributed by atoms with Crippen molar-refractivity contribution in [2.45, 2.75) is 45.8 Å². The average molecular weight is 220 g/mol. The van der Waals surface area contributed by atoms with E-state index in [1.54, 1.807) is 0 Å². The van der Waals surface area contributed by atoms with Gasteiger partial charge in [0.15, 0.2) is 0 Å². The maximum atomic E-state index is 11.7. The van der Waals surface area contributed by atoms with Crippen molar-refractivity contribution in [2.75, 3.05) is 5.75 Å². The molecule has 0 bridgehead atoms. The second-order valence-electron chi connectivity index (χ2n) is 5.18. The second-order valence-corrected chi connectivity index (χ2v) is 7.30. The first kappa shape index (κ1) is 13.6. The van der Waals surface area contributed by atoms with Gasteiger partial charge in [-0.15, -0.1) is 0 Å². The molecule has 84 valence electrons. The highest BCUT2D eigenvalue weighted by atomic mass is 32.2. The number of rotatable bonds is 4. The van der Waals surface area contributed by atoms with Crippen molar-refractivity contribution in [1.29, 1.82) is 0 Å². The van der Waals surface area contributed by atoms with Crippen molar-refractivity contribution in [3.05, 3.63) is 0 Å². The molecule has 0 saturated carbocycles. The van der Waals surface area contributed by atoms with E-state index >= 15 is 0 Å². The maximum absolute atomic E-state index is 11.7. The molecule has 0 fully saturated rings. The van der Waals surface area contributed by atoms with Crippen molar-refractivity contribution in [2.24, 2.45) is 5.41 Å². The van der Waals surface area contributed by atoms with Crippen molar-refractivity contribution >= 4 is 16.8 Å². The van der Waals surface area contributed by atoms with Crippen molar-refractivity contribution in [3.8, 4) is 0 Å². The van der Waals surface area contributed by atoms with Crippen LogP contribution < -0.4 is 0 Å². The van der Waals surface area contributed by atoms with Gasteiger partial charge in [-0.2, -0.15) is 0 Å². The van der Waals surface area contributed by atoms with Gasteiger partial charge < -0.3 is 5.11 Å². The van der Waals surface area contributed by atoms with E-state index in [2.05, 4.69) is 20.8 Å². The van der Waals surface area contributed by atoms with Crippen LogP contribution in [0.15, 0.2) is 0 Å². The summed E-state index contributed by atoms with van der Waals surface area (Å²) in [6, 6.07) is 0. The number of carboxylic acid groups (broad SMARTS) is 1. The normalized spacial score (nSPS) is 15.2. The summed E-state index contributed by atoms with van der Waals surface area (Å²) in [7, 11) is -1.31. The number of hydrogen-bond donors (Lipinski definition) is 1. The Kier molecular flexibility index (Phi) is 4.31. The van der Waals surface area contributed by atoms with Crippen LogP contribution in [-0.4, -0.2) is 25.8 Å². The first-order valence-corrected chi connectivity index (χ1v) is 6.01. The summed E-state index contributed by atoms with van der Waals surface area (Å²) >= 11 is 0. The molecule has 0 amide bonds. The van der Waals surface area contributed by atoms with E-state index < -0.39 is 21.5 Å². The highest BCUT2D eigenvalue weighted by molar-refractivity contribution is 7.87. The fraction of sp³-hybridized carbons (Fsp3) is 0.900. The molecule has 0 saturated heterocycles. The van der Waals surface area contributed by atoms with Crippen molar-refractivity contribution < 1.29 is 14.1 Å². The van der Waals surface area contributed by atoms with Crippen LogP contribution in [0.1, 0.15) is 41.0 Å².